The molecule has 0 unspecified atom stereocenters. The van der Waals surface area contributed by atoms with E-state index in [9.17, 15) is 14.4 Å². The lowest BCUT2D eigenvalue weighted by Gasteiger charge is -2.34. The summed E-state index contributed by atoms with van der Waals surface area (Å²) in [4.78, 5) is 39.0. The monoisotopic (exact) mass is 357 g/mol. The van der Waals surface area contributed by atoms with Crippen molar-refractivity contribution in [3.63, 3.8) is 0 Å². The molecule has 0 spiro atoms. The molecule has 1 fully saturated rings. The van der Waals surface area contributed by atoms with Crippen LogP contribution >= 0.6 is 0 Å². The molecule has 9 heteroatoms. The Morgan fingerprint density at radius 3 is 2.23 bits per heavy atom. The topological polar surface area (TPSA) is 109 Å². The van der Waals surface area contributed by atoms with E-state index in [1.165, 1.54) is 10.9 Å². The number of aromatic nitrogens is 3. The Hall–Kier alpha value is -3.23. The molecular weight excluding hydrogens is 338 g/mol. The van der Waals surface area contributed by atoms with E-state index in [1.54, 1.807) is 21.9 Å². The van der Waals surface area contributed by atoms with Crippen LogP contribution in [0.3, 0.4) is 0 Å². The molecule has 1 saturated heterocycles. The van der Waals surface area contributed by atoms with Gasteiger partial charge in [-0.15, -0.1) is 5.10 Å². The maximum Gasteiger partial charge on any atom is 0.358 e. The number of aromatic carboxylic acids is 1. The summed E-state index contributed by atoms with van der Waals surface area (Å²) in [6.07, 6.45) is 1.22. The van der Waals surface area contributed by atoms with Crippen molar-refractivity contribution >= 4 is 17.8 Å². The van der Waals surface area contributed by atoms with Crippen LogP contribution in [0.2, 0.25) is 0 Å². The lowest BCUT2D eigenvalue weighted by Crippen LogP contribution is -2.51. The van der Waals surface area contributed by atoms with Crippen molar-refractivity contribution in [2.75, 3.05) is 26.2 Å². The van der Waals surface area contributed by atoms with Crippen molar-refractivity contribution in [3.05, 3.63) is 47.3 Å². The molecule has 1 aliphatic heterocycles. The Morgan fingerprint density at radius 2 is 1.65 bits per heavy atom. The lowest BCUT2D eigenvalue weighted by atomic mass is 10.1. The normalized spacial score (nSPS) is 14.3. The van der Waals surface area contributed by atoms with Crippen molar-refractivity contribution in [2.24, 2.45) is 0 Å². The highest BCUT2D eigenvalue weighted by Gasteiger charge is 2.25. The van der Waals surface area contributed by atoms with E-state index in [-0.39, 0.29) is 24.1 Å². The summed E-state index contributed by atoms with van der Waals surface area (Å²) in [5, 5.41) is 15.9. The molecule has 0 atom stereocenters. The quantitative estimate of drug-likeness (QED) is 0.841. The van der Waals surface area contributed by atoms with E-state index in [0.717, 1.165) is 5.56 Å². The zero-order valence-corrected chi connectivity index (χ0v) is 14.3. The minimum atomic E-state index is -1.19. The van der Waals surface area contributed by atoms with Gasteiger partial charge in [0.05, 0.1) is 6.20 Å². The van der Waals surface area contributed by atoms with Gasteiger partial charge in [-0.1, -0.05) is 22.9 Å². The van der Waals surface area contributed by atoms with Gasteiger partial charge >= 0.3 is 5.97 Å². The fraction of sp³-hybridized carbons (Fsp3) is 0.353. The van der Waals surface area contributed by atoms with Crippen LogP contribution in [0.15, 0.2) is 30.5 Å². The third-order valence-corrected chi connectivity index (χ3v) is 4.27. The molecule has 1 aromatic heterocycles. The molecule has 0 radical (unpaired) electrons. The van der Waals surface area contributed by atoms with Gasteiger partial charge in [0.15, 0.2) is 5.69 Å². The number of carbonyl (C=O) groups excluding carboxylic acids is 2. The summed E-state index contributed by atoms with van der Waals surface area (Å²) in [5.74, 6) is -1.42. The van der Waals surface area contributed by atoms with Crippen LogP contribution in [-0.2, 0) is 11.3 Å². The Kier molecular flexibility index (Phi) is 4.97. The third kappa shape index (κ3) is 3.88. The average molecular weight is 357 g/mol. The van der Waals surface area contributed by atoms with Gasteiger partial charge in [-0.25, -0.2) is 9.48 Å². The minimum absolute atomic E-state index is 0.0422. The van der Waals surface area contributed by atoms with Gasteiger partial charge in [-0.05, 0) is 19.1 Å². The number of amides is 2. The van der Waals surface area contributed by atoms with Crippen LogP contribution in [0, 0.1) is 6.92 Å². The highest BCUT2D eigenvalue weighted by Crippen LogP contribution is 2.10. The van der Waals surface area contributed by atoms with Crippen molar-refractivity contribution < 1.29 is 19.5 Å². The summed E-state index contributed by atoms with van der Waals surface area (Å²) < 4.78 is 1.20. The van der Waals surface area contributed by atoms with Crippen molar-refractivity contribution in [1.82, 2.24) is 24.8 Å². The molecule has 0 aliphatic carbocycles. The first-order chi connectivity index (χ1) is 12.4. The molecule has 0 saturated carbocycles. The predicted molar refractivity (Wildman–Crippen MR) is 90.6 cm³/mol. The van der Waals surface area contributed by atoms with Gasteiger partial charge in [-0.3, -0.25) is 9.59 Å². The van der Waals surface area contributed by atoms with Crippen LogP contribution < -0.4 is 0 Å². The number of nitrogens with zero attached hydrogens (tertiary/aromatic N) is 5. The molecule has 9 nitrogen and oxygen atoms in total. The van der Waals surface area contributed by atoms with E-state index in [1.807, 2.05) is 19.1 Å². The lowest BCUT2D eigenvalue weighted by molar-refractivity contribution is -0.133. The summed E-state index contributed by atoms with van der Waals surface area (Å²) in [5.41, 5.74) is 1.53. The van der Waals surface area contributed by atoms with Gasteiger partial charge in [-0.2, -0.15) is 0 Å². The molecular formula is C17H19N5O4. The van der Waals surface area contributed by atoms with Crippen LogP contribution in [-0.4, -0.2) is 73.9 Å². The number of hydrogen-bond donors (Lipinski definition) is 1. The van der Waals surface area contributed by atoms with Gasteiger partial charge in [0, 0.05) is 31.7 Å². The van der Waals surface area contributed by atoms with E-state index in [2.05, 4.69) is 10.3 Å². The van der Waals surface area contributed by atoms with Gasteiger partial charge in [0.2, 0.25) is 5.91 Å². The highest BCUT2D eigenvalue weighted by molar-refractivity contribution is 5.94. The number of carboxylic acids is 1. The van der Waals surface area contributed by atoms with Crippen molar-refractivity contribution in [2.45, 2.75) is 13.5 Å². The Balaban J connectivity index is 1.54. The van der Waals surface area contributed by atoms with Crippen LogP contribution in [0.1, 0.15) is 26.4 Å². The fourth-order valence-electron chi connectivity index (χ4n) is 2.75. The van der Waals surface area contributed by atoms with Crippen LogP contribution in [0.5, 0.6) is 0 Å². The van der Waals surface area contributed by atoms with E-state index < -0.39 is 5.97 Å². The standard InChI is InChI=1S/C17H19N5O4/c1-12-2-4-13(5-3-12)16(24)21-8-6-20(7-9-21)15(23)11-22-10-14(17(25)26)18-19-22/h2-5,10H,6-9,11H2,1H3,(H,25,26). The second-order valence-corrected chi connectivity index (χ2v) is 6.15. The summed E-state index contributed by atoms with van der Waals surface area (Å²) in [6.45, 7) is 3.65. The largest absolute Gasteiger partial charge is 0.476 e. The molecule has 2 heterocycles. The molecule has 2 aromatic rings. The summed E-state index contributed by atoms with van der Waals surface area (Å²) >= 11 is 0. The second-order valence-electron chi connectivity index (χ2n) is 6.15. The van der Waals surface area contributed by atoms with Crippen LogP contribution in [0.4, 0.5) is 0 Å². The number of rotatable bonds is 4. The van der Waals surface area contributed by atoms with E-state index in [4.69, 9.17) is 5.11 Å². The molecule has 1 aliphatic rings. The minimum Gasteiger partial charge on any atom is -0.476 e. The summed E-state index contributed by atoms with van der Waals surface area (Å²) in [7, 11) is 0. The molecule has 1 aromatic carbocycles. The number of aryl methyl sites for hydroxylation is 1. The first kappa shape index (κ1) is 17.6. The SMILES string of the molecule is Cc1ccc(C(=O)N2CCN(C(=O)Cn3cc(C(=O)O)nn3)CC2)cc1. The summed E-state index contributed by atoms with van der Waals surface area (Å²) in [6, 6.07) is 7.41. The zero-order chi connectivity index (χ0) is 18.7. The van der Waals surface area contributed by atoms with Crippen molar-refractivity contribution in [1.29, 1.82) is 0 Å². The number of benzene rings is 1. The second kappa shape index (κ2) is 7.34. The molecule has 1 N–H and O–H groups in total. The maximum absolute atomic E-state index is 12.5. The first-order valence-corrected chi connectivity index (χ1v) is 8.21. The first-order valence-electron chi connectivity index (χ1n) is 8.21. The van der Waals surface area contributed by atoms with Gasteiger partial charge in [0.1, 0.15) is 6.54 Å². The third-order valence-electron chi connectivity index (χ3n) is 4.27. The van der Waals surface area contributed by atoms with E-state index in [0.29, 0.717) is 31.7 Å². The Labute approximate surface area is 149 Å². The molecule has 136 valence electrons. The highest BCUT2D eigenvalue weighted by atomic mass is 16.4. The van der Waals surface area contributed by atoms with E-state index >= 15 is 0 Å². The van der Waals surface area contributed by atoms with Crippen LogP contribution in [0.25, 0.3) is 0 Å². The molecule has 0 bridgehead atoms. The van der Waals surface area contributed by atoms with Crippen molar-refractivity contribution in [3.8, 4) is 0 Å². The Morgan fingerprint density at radius 1 is 1.04 bits per heavy atom. The Bertz CT molecular complexity index is 822. The zero-order valence-electron chi connectivity index (χ0n) is 14.3. The number of piperazine rings is 1. The number of hydrogen-bond acceptors (Lipinski definition) is 5. The molecule has 26 heavy (non-hydrogen) atoms. The fourth-order valence-corrected chi connectivity index (χ4v) is 2.75. The number of carbonyl (C=O) groups is 3. The van der Waals surface area contributed by atoms with Gasteiger partial charge in [0.25, 0.3) is 5.91 Å². The smallest absolute Gasteiger partial charge is 0.358 e. The van der Waals surface area contributed by atoms with Gasteiger partial charge < -0.3 is 14.9 Å². The number of carboxylic acid groups (broad SMARTS) is 1. The predicted octanol–water partition coefficient (Wildman–Crippen LogP) is 0.269. The maximum atomic E-state index is 12.5. The molecule has 3 rings (SSSR count). The molecule has 2 amide bonds. The average Bonchev–Trinajstić information content (AvgIpc) is 3.11.